The number of hydrogen-bond donors (Lipinski definition) is 2. The van der Waals surface area contributed by atoms with Crippen molar-refractivity contribution < 1.29 is 23.4 Å². The molecule has 2 rings (SSSR count). The largest absolute Gasteiger partial charge is 0.507 e. The Hall–Kier alpha value is -2.06. The molecule has 0 spiro atoms. The second-order valence-electron chi connectivity index (χ2n) is 4.51. The van der Waals surface area contributed by atoms with Crippen LogP contribution in [0.5, 0.6) is 5.75 Å². The number of benzene rings is 2. The Kier molecular flexibility index (Phi) is 4.43. The molecule has 0 radical (unpaired) electrons. The predicted octanol–water partition coefficient (Wildman–Crippen LogP) is 2.95. The first-order valence-corrected chi connectivity index (χ1v) is 8.66. The van der Waals surface area contributed by atoms with E-state index >= 15 is 0 Å². The molecule has 0 saturated heterocycles. The molecule has 0 saturated carbocycles. The zero-order valence-corrected chi connectivity index (χ0v) is 13.8. The molecule has 0 heterocycles. The summed E-state index contributed by atoms with van der Waals surface area (Å²) in [6.45, 7) is 0. The second-order valence-corrected chi connectivity index (χ2v) is 7.26. The quantitative estimate of drug-likeness (QED) is 0.843. The topological polar surface area (TPSA) is 94.9 Å². The van der Waals surface area contributed by atoms with E-state index in [0.717, 1.165) is 22.7 Å². The van der Waals surface area contributed by atoms with Crippen LogP contribution < -0.4 is 4.31 Å². The fraction of sp³-hybridized carbons (Fsp3) is 0.0714. The van der Waals surface area contributed by atoms with Gasteiger partial charge in [-0.05, 0) is 30.3 Å². The number of anilines is 2. The van der Waals surface area contributed by atoms with Crippen LogP contribution in [0.1, 0.15) is 10.4 Å². The molecule has 8 heteroatoms. The van der Waals surface area contributed by atoms with E-state index in [1.165, 1.54) is 6.07 Å². The lowest BCUT2D eigenvalue weighted by atomic mass is 10.2. The number of carbonyl (C=O) groups is 1. The van der Waals surface area contributed by atoms with Crippen molar-refractivity contribution in [3.05, 3.63) is 52.5 Å². The standard InChI is InChI=1S/C14H12BrNO5S/c1-22(20,21)16(10-4-2-3-9(15)7-10)11-5-6-12(14(18)19)13(17)8-11/h2-8,17H,1H3,(H,18,19). The Morgan fingerprint density at radius 2 is 1.77 bits per heavy atom. The number of aromatic hydroxyl groups is 1. The minimum absolute atomic E-state index is 0.142. The molecule has 6 nitrogen and oxygen atoms in total. The summed E-state index contributed by atoms with van der Waals surface area (Å²) in [4.78, 5) is 10.9. The highest BCUT2D eigenvalue weighted by molar-refractivity contribution is 9.10. The molecule has 0 aliphatic rings. The summed E-state index contributed by atoms with van der Waals surface area (Å²) in [5.74, 6) is -1.80. The third kappa shape index (κ3) is 3.40. The van der Waals surface area contributed by atoms with Gasteiger partial charge in [0.2, 0.25) is 10.0 Å². The molecule has 0 atom stereocenters. The van der Waals surface area contributed by atoms with Crippen LogP contribution in [-0.4, -0.2) is 30.9 Å². The van der Waals surface area contributed by atoms with Gasteiger partial charge in [-0.1, -0.05) is 22.0 Å². The van der Waals surface area contributed by atoms with Crippen LogP contribution in [0.25, 0.3) is 0 Å². The van der Waals surface area contributed by atoms with Gasteiger partial charge in [0, 0.05) is 10.5 Å². The van der Waals surface area contributed by atoms with E-state index in [1.807, 2.05) is 0 Å². The summed E-state index contributed by atoms with van der Waals surface area (Å²) in [6, 6.07) is 10.2. The number of rotatable bonds is 4. The van der Waals surface area contributed by atoms with Crippen LogP contribution in [0.2, 0.25) is 0 Å². The summed E-state index contributed by atoms with van der Waals surface area (Å²) in [5, 5.41) is 18.7. The number of aromatic carboxylic acids is 1. The Bertz CT molecular complexity index is 835. The van der Waals surface area contributed by atoms with E-state index in [2.05, 4.69) is 15.9 Å². The van der Waals surface area contributed by atoms with Gasteiger partial charge < -0.3 is 10.2 Å². The molecule has 0 aromatic heterocycles. The van der Waals surface area contributed by atoms with Crippen molar-refractivity contribution in [1.82, 2.24) is 0 Å². The van der Waals surface area contributed by atoms with E-state index in [4.69, 9.17) is 5.11 Å². The van der Waals surface area contributed by atoms with Gasteiger partial charge in [0.15, 0.2) is 0 Å². The molecule has 0 unspecified atom stereocenters. The first kappa shape index (κ1) is 16.3. The fourth-order valence-electron chi connectivity index (χ4n) is 1.96. The summed E-state index contributed by atoms with van der Waals surface area (Å²) in [5.41, 5.74) is 0.203. The molecule has 2 N–H and O–H groups in total. The molecule has 22 heavy (non-hydrogen) atoms. The van der Waals surface area contributed by atoms with Gasteiger partial charge in [-0.15, -0.1) is 0 Å². The third-order valence-electron chi connectivity index (χ3n) is 2.82. The van der Waals surface area contributed by atoms with Crippen molar-refractivity contribution >= 4 is 43.3 Å². The highest BCUT2D eigenvalue weighted by atomic mass is 79.9. The van der Waals surface area contributed by atoms with E-state index in [0.29, 0.717) is 10.2 Å². The van der Waals surface area contributed by atoms with Gasteiger partial charge in [0.25, 0.3) is 0 Å². The number of sulfonamides is 1. The molecule has 0 fully saturated rings. The lowest BCUT2D eigenvalue weighted by Gasteiger charge is -2.23. The van der Waals surface area contributed by atoms with Crippen molar-refractivity contribution in [2.24, 2.45) is 0 Å². The van der Waals surface area contributed by atoms with Crippen molar-refractivity contribution in [3.8, 4) is 5.75 Å². The summed E-state index contributed by atoms with van der Waals surface area (Å²) in [6.07, 6.45) is 1.02. The molecule has 116 valence electrons. The van der Waals surface area contributed by atoms with Crippen molar-refractivity contribution in [2.45, 2.75) is 0 Å². The van der Waals surface area contributed by atoms with Gasteiger partial charge in [-0.3, -0.25) is 0 Å². The average Bonchev–Trinajstić information content (AvgIpc) is 2.36. The normalized spacial score (nSPS) is 11.2. The lowest BCUT2D eigenvalue weighted by Crippen LogP contribution is -2.24. The molecular weight excluding hydrogens is 374 g/mol. The lowest BCUT2D eigenvalue weighted by molar-refractivity contribution is 0.0694. The maximum atomic E-state index is 12.1. The maximum Gasteiger partial charge on any atom is 0.339 e. The predicted molar refractivity (Wildman–Crippen MR) is 86.2 cm³/mol. The zero-order valence-electron chi connectivity index (χ0n) is 11.4. The first-order chi connectivity index (χ1) is 10.2. The van der Waals surface area contributed by atoms with Crippen LogP contribution in [0, 0.1) is 0 Å². The van der Waals surface area contributed by atoms with Crippen LogP contribution in [-0.2, 0) is 10.0 Å². The SMILES string of the molecule is CS(=O)(=O)N(c1cccc(Br)c1)c1ccc(C(=O)O)c(O)c1. The number of nitrogens with zero attached hydrogens (tertiary/aromatic N) is 1. The number of halogens is 1. The highest BCUT2D eigenvalue weighted by Gasteiger charge is 2.22. The van der Waals surface area contributed by atoms with Gasteiger partial charge in [0.1, 0.15) is 11.3 Å². The fourth-order valence-corrected chi connectivity index (χ4v) is 3.34. The van der Waals surface area contributed by atoms with Gasteiger partial charge in [-0.25, -0.2) is 17.5 Å². The third-order valence-corrected chi connectivity index (χ3v) is 4.40. The molecule has 2 aromatic carbocycles. The Labute approximate surface area is 135 Å². The summed E-state index contributed by atoms with van der Waals surface area (Å²) >= 11 is 3.27. The molecule has 0 amide bonds. The molecule has 2 aromatic rings. The van der Waals surface area contributed by atoms with Crippen LogP contribution in [0.3, 0.4) is 0 Å². The number of phenols is 1. The molecule has 0 aliphatic carbocycles. The minimum Gasteiger partial charge on any atom is -0.507 e. The first-order valence-electron chi connectivity index (χ1n) is 6.02. The molecule has 0 aliphatic heterocycles. The second kappa shape index (κ2) is 5.98. The van der Waals surface area contributed by atoms with Crippen LogP contribution in [0.4, 0.5) is 11.4 Å². The van der Waals surface area contributed by atoms with E-state index in [1.54, 1.807) is 24.3 Å². The van der Waals surface area contributed by atoms with Gasteiger partial charge in [0.05, 0.1) is 17.6 Å². The Balaban J connectivity index is 2.62. The van der Waals surface area contributed by atoms with E-state index < -0.39 is 21.7 Å². The maximum absolute atomic E-state index is 12.1. The highest BCUT2D eigenvalue weighted by Crippen LogP contribution is 2.33. The van der Waals surface area contributed by atoms with E-state index in [9.17, 15) is 18.3 Å². The van der Waals surface area contributed by atoms with Crippen molar-refractivity contribution in [3.63, 3.8) is 0 Å². The zero-order chi connectivity index (χ0) is 16.5. The number of hydrogen-bond acceptors (Lipinski definition) is 4. The van der Waals surface area contributed by atoms with Crippen molar-refractivity contribution in [1.29, 1.82) is 0 Å². The summed E-state index contributed by atoms with van der Waals surface area (Å²) < 4.78 is 25.9. The average molecular weight is 386 g/mol. The monoisotopic (exact) mass is 385 g/mol. The smallest absolute Gasteiger partial charge is 0.339 e. The molecular formula is C14H12BrNO5S. The van der Waals surface area contributed by atoms with Gasteiger partial charge >= 0.3 is 5.97 Å². The van der Waals surface area contributed by atoms with E-state index in [-0.39, 0.29) is 11.3 Å². The van der Waals surface area contributed by atoms with Crippen LogP contribution in [0.15, 0.2) is 46.9 Å². The number of carboxylic acid groups (broad SMARTS) is 1. The van der Waals surface area contributed by atoms with Crippen LogP contribution >= 0.6 is 15.9 Å². The van der Waals surface area contributed by atoms with Crippen molar-refractivity contribution in [2.75, 3.05) is 10.6 Å². The Morgan fingerprint density at radius 3 is 2.27 bits per heavy atom. The molecule has 0 bridgehead atoms. The summed E-state index contributed by atoms with van der Waals surface area (Å²) in [7, 11) is -3.68. The number of carboxylic acids is 1. The van der Waals surface area contributed by atoms with Gasteiger partial charge in [-0.2, -0.15) is 0 Å². The Morgan fingerprint density at radius 1 is 1.14 bits per heavy atom. The minimum atomic E-state index is -3.68.